The highest BCUT2D eigenvalue weighted by Crippen LogP contribution is 2.23. The molecule has 4 heteroatoms. The highest BCUT2D eigenvalue weighted by molar-refractivity contribution is 7.11. The normalized spacial score (nSPS) is 12.7. The van der Waals surface area contributed by atoms with Crippen LogP contribution in [0.5, 0.6) is 0 Å². The summed E-state index contributed by atoms with van der Waals surface area (Å²) in [6.45, 7) is 3.97. The summed E-state index contributed by atoms with van der Waals surface area (Å²) in [6.07, 6.45) is -0.147. The fourth-order valence-corrected chi connectivity index (χ4v) is 2.57. The van der Waals surface area contributed by atoms with E-state index in [4.69, 9.17) is 0 Å². The van der Waals surface area contributed by atoms with Gasteiger partial charge >= 0.3 is 0 Å². The van der Waals surface area contributed by atoms with E-state index in [0.29, 0.717) is 6.42 Å². The molecule has 1 atom stereocenters. The molecule has 1 heterocycles. The van der Waals surface area contributed by atoms with E-state index in [9.17, 15) is 9.50 Å². The molecule has 2 nitrogen and oxygen atoms in total. The zero-order valence-corrected chi connectivity index (χ0v) is 10.6. The first-order valence-electron chi connectivity index (χ1n) is 5.42. The van der Waals surface area contributed by atoms with Crippen LogP contribution in [0.3, 0.4) is 0 Å². The number of aryl methyl sites for hydroxylation is 2. The van der Waals surface area contributed by atoms with Gasteiger partial charge in [-0.25, -0.2) is 9.37 Å². The Hall–Kier alpha value is -1.26. The molecule has 0 saturated heterocycles. The van der Waals surface area contributed by atoms with Gasteiger partial charge in [-0.05, 0) is 31.5 Å². The minimum absolute atomic E-state index is 0.290. The van der Waals surface area contributed by atoms with E-state index < -0.39 is 6.10 Å². The number of thiazole rings is 1. The van der Waals surface area contributed by atoms with E-state index in [1.54, 1.807) is 23.5 Å². The summed E-state index contributed by atoms with van der Waals surface area (Å²) in [5.41, 5.74) is 1.73. The number of rotatable bonds is 3. The Morgan fingerprint density at radius 3 is 2.47 bits per heavy atom. The van der Waals surface area contributed by atoms with E-state index in [1.807, 2.05) is 13.8 Å². The third-order valence-electron chi connectivity index (χ3n) is 2.70. The summed E-state index contributed by atoms with van der Waals surface area (Å²) in [4.78, 5) is 5.55. The van der Waals surface area contributed by atoms with Crippen LogP contribution in [-0.2, 0) is 6.42 Å². The van der Waals surface area contributed by atoms with Crippen molar-refractivity contribution in [2.24, 2.45) is 0 Å². The molecule has 0 aliphatic heterocycles. The molecule has 0 fully saturated rings. The van der Waals surface area contributed by atoms with Crippen molar-refractivity contribution in [2.75, 3.05) is 0 Å². The quantitative estimate of drug-likeness (QED) is 0.909. The Bertz CT molecular complexity index is 487. The number of aromatic nitrogens is 1. The summed E-state index contributed by atoms with van der Waals surface area (Å²) < 4.78 is 12.7. The van der Waals surface area contributed by atoms with Gasteiger partial charge < -0.3 is 5.11 Å². The summed E-state index contributed by atoms with van der Waals surface area (Å²) in [6, 6.07) is 5.93. The zero-order chi connectivity index (χ0) is 12.4. The van der Waals surface area contributed by atoms with Gasteiger partial charge in [0.15, 0.2) is 0 Å². The topological polar surface area (TPSA) is 33.1 Å². The fourth-order valence-electron chi connectivity index (χ4n) is 1.59. The molecular formula is C13H14FNOS. The molecule has 1 N–H and O–H groups in total. The van der Waals surface area contributed by atoms with E-state index in [-0.39, 0.29) is 5.82 Å². The van der Waals surface area contributed by atoms with Crippen LogP contribution in [-0.4, -0.2) is 10.1 Å². The number of hydrogen-bond acceptors (Lipinski definition) is 3. The Labute approximate surface area is 104 Å². The second-order valence-corrected chi connectivity index (χ2v) is 5.31. The molecule has 0 radical (unpaired) electrons. The first kappa shape index (κ1) is 12.2. The van der Waals surface area contributed by atoms with Gasteiger partial charge in [0, 0.05) is 11.3 Å². The fraction of sp³-hybridized carbons (Fsp3) is 0.308. The van der Waals surface area contributed by atoms with Crippen molar-refractivity contribution in [1.29, 1.82) is 0 Å². The molecule has 0 aliphatic carbocycles. The lowest BCUT2D eigenvalue weighted by Crippen LogP contribution is -2.01. The molecule has 0 spiro atoms. The van der Waals surface area contributed by atoms with Crippen LogP contribution >= 0.6 is 11.3 Å². The van der Waals surface area contributed by atoms with Gasteiger partial charge in [-0.2, -0.15) is 0 Å². The van der Waals surface area contributed by atoms with Gasteiger partial charge in [0.1, 0.15) is 5.82 Å². The molecular weight excluding hydrogens is 237 g/mol. The second-order valence-electron chi connectivity index (χ2n) is 4.02. The minimum atomic E-state index is -0.624. The largest absolute Gasteiger partial charge is 0.388 e. The average Bonchev–Trinajstić information content (AvgIpc) is 2.58. The second kappa shape index (κ2) is 4.94. The van der Waals surface area contributed by atoms with Crippen LogP contribution < -0.4 is 0 Å². The van der Waals surface area contributed by atoms with E-state index in [0.717, 1.165) is 16.3 Å². The van der Waals surface area contributed by atoms with Gasteiger partial charge in [0.05, 0.1) is 16.8 Å². The van der Waals surface area contributed by atoms with Crippen molar-refractivity contribution in [3.05, 3.63) is 51.2 Å². The first-order chi connectivity index (χ1) is 8.06. The number of benzene rings is 1. The van der Waals surface area contributed by atoms with Gasteiger partial charge in [-0.3, -0.25) is 0 Å². The Balaban J connectivity index is 2.11. The highest BCUT2D eigenvalue weighted by atomic mass is 32.1. The summed E-state index contributed by atoms with van der Waals surface area (Å²) >= 11 is 1.60. The van der Waals surface area contributed by atoms with Crippen LogP contribution in [0.4, 0.5) is 4.39 Å². The van der Waals surface area contributed by atoms with Crippen molar-refractivity contribution in [2.45, 2.75) is 26.4 Å². The summed E-state index contributed by atoms with van der Waals surface area (Å²) in [5.74, 6) is -0.290. The molecule has 1 aromatic carbocycles. The standard InChI is InChI=1S/C13H14FNOS/c1-8-9(2)17-13(15-8)7-12(16)10-3-5-11(14)6-4-10/h3-6,12,16H,7H2,1-2H3. The summed E-state index contributed by atoms with van der Waals surface area (Å²) in [7, 11) is 0. The molecule has 17 heavy (non-hydrogen) atoms. The molecule has 1 aromatic heterocycles. The lowest BCUT2D eigenvalue weighted by Gasteiger charge is -2.08. The monoisotopic (exact) mass is 251 g/mol. The van der Waals surface area contributed by atoms with Crippen LogP contribution in [0.15, 0.2) is 24.3 Å². The lowest BCUT2D eigenvalue weighted by atomic mass is 10.1. The molecule has 0 bridgehead atoms. The van der Waals surface area contributed by atoms with E-state index in [1.165, 1.54) is 17.0 Å². The van der Waals surface area contributed by atoms with Crippen molar-refractivity contribution in [3.63, 3.8) is 0 Å². The number of hydrogen-bond donors (Lipinski definition) is 1. The molecule has 2 rings (SSSR count). The van der Waals surface area contributed by atoms with E-state index in [2.05, 4.69) is 4.98 Å². The van der Waals surface area contributed by atoms with Gasteiger partial charge in [0.2, 0.25) is 0 Å². The Kier molecular flexibility index (Phi) is 3.54. The van der Waals surface area contributed by atoms with Crippen molar-refractivity contribution in [1.82, 2.24) is 4.98 Å². The van der Waals surface area contributed by atoms with Crippen molar-refractivity contribution < 1.29 is 9.50 Å². The number of halogens is 1. The first-order valence-corrected chi connectivity index (χ1v) is 6.24. The van der Waals surface area contributed by atoms with Crippen LogP contribution in [0.25, 0.3) is 0 Å². The number of aliphatic hydroxyl groups excluding tert-OH is 1. The minimum Gasteiger partial charge on any atom is -0.388 e. The predicted molar refractivity (Wildman–Crippen MR) is 66.7 cm³/mol. The van der Waals surface area contributed by atoms with Crippen molar-refractivity contribution in [3.8, 4) is 0 Å². The zero-order valence-electron chi connectivity index (χ0n) is 9.77. The third-order valence-corrected chi connectivity index (χ3v) is 3.79. The smallest absolute Gasteiger partial charge is 0.123 e. The van der Waals surface area contributed by atoms with Crippen molar-refractivity contribution >= 4 is 11.3 Å². The molecule has 1 unspecified atom stereocenters. The molecule has 2 aromatic rings. The van der Waals surface area contributed by atoms with Gasteiger partial charge in [0.25, 0.3) is 0 Å². The maximum atomic E-state index is 12.7. The SMILES string of the molecule is Cc1nc(CC(O)c2ccc(F)cc2)sc1C. The molecule has 0 amide bonds. The molecule has 0 aliphatic rings. The highest BCUT2D eigenvalue weighted by Gasteiger charge is 2.12. The van der Waals surface area contributed by atoms with Crippen LogP contribution in [0.2, 0.25) is 0 Å². The predicted octanol–water partition coefficient (Wildman–Crippen LogP) is 3.18. The Morgan fingerprint density at radius 1 is 1.29 bits per heavy atom. The lowest BCUT2D eigenvalue weighted by molar-refractivity contribution is 0.178. The molecule has 90 valence electrons. The van der Waals surface area contributed by atoms with Gasteiger partial charge in [-0.1, -0.05) is 12.1 Å². The maximum absolute atomic E-state index is 12.7. The van der Waals surface area contributed by atoms with Crippen LogP contribution in [0, 0.1) is 19.7 Å². The molecule has 0 saturated carbocycles. The maximum Gasteiger partial charge on any atom is 0.123 e. The number of aliphatic hydroxyl groups is 1. The Morgan fingerprint density at radius 2 is 1.94 bits per heavy atom. The average molecular weight is 251 g/mol. The van der Waals surface area contributed by atoms with Crippen LogP contribution in [0.1, 0.15) is 27.2 Å². The van der Waals surface area contributed by atoms with E-state index >= 15 is 0 Å². The number of nitrogens with zero attached hydrogens (tertiary/aromatic N) is 1. The van der Waals surface area contributed by atoms with Gasteiger partial charge in [-0.15, -0.1) is 11.3 Å². The summed E-state index contributed by atoms with van der Waals surface area (Å²) in [5, 5.41) is 10.9. The third kappa shape index (κ3) is 2.90.